The molecular weight excluding hydrogens is 372 g/mol. The Kier molecular flexibility index (Phi) is 7.51. The van der Waals surface area contributed by atoms with Crippen molar-refractivity contribution in [1.29, 1.82) is 5.26 Å². The molecule has 0 atom stereocenters. The third-order valence-corrected chi connectivity index (χ3v) is 3.60. The number of rotatable bonds is 7. The molecule has 2 rings (SSSR count). The third kappa shape index (κ3) is 6.22. The lowest BCUT2D eigenvalue weighted by Crippen LogP contribution is -2.17. The van der Waals surface area contributed by atoms with Gasteiger partial charge in [-0.25, -0.2) is 4.79 Å². The van der Waals surface area contributed by atoms with Crippen molar-refractivity contribution in [2.45, 2.75) is 13.8 Å². The number of carbonyl (C=O) groups excluding carboxylic acids is 3. The van der Waals surface area contributed by atoms with Gasteiger partial charge in [-0.1, -0.05) is 18.2 Å². The zero-order valence-corrected chi connectivity index (χ0v) is 16.0. The number of ether oxygens (including phenoxy) is 1. The molecule has 0 aliphatic heterocycles. The van der Waals surface area contributed by atoms with Gasteiger partial charge in [0.1, 0.15) is 11.6 Å². The van der Waals surface area contributed by atoms with Crippen molar-refractivity contribution < 1.29 is 19.1 Å². The van der Waals surface area contributed by atoms with Gasteiger partial charge in [0, 0.05) is 24.5 Å². The van der Waals surface area contributed by atoms with Gasteiger partial charge in [-0.05, 0) is 37.3 Å². The summed E-state index contributed by atoms with van der Waals surface area (Å²) in [4.78, 5) is 35.6. The Balaban J connectivity index is 2.15. The molecule has 148 valence electrons. The summed E-state index contributed by atoms with van der Waals surface area (Å²) in [7, 11) is 0. The highest BCUT2D eigenvalue weighted by molar-refractivity contribution is 6.09. The maximum absolute atomic E-state index is 12.5. The van der Waals surface area contributed by atoms with Crippen molar-refractivity contribution in [2.24, 2.45) is 0 Å². The molecule has 8 heteroatoms. The van der Waals surface area contributed by atoms with Crippen LogP contribution in [0.4, 0.5) is 17.1 Å². The minimum absolute atomic E-state index is 0.191. The zero-order valence-electron chi connectivity index (χ0n) is 16.0. The summed E-state index contributed by atoms with van der Waals surface area (Å²) in [5.74, 6) is -1.47. The molecule has 0 radical (unpaired) electrons. The first-order chi connectivity index (χ1) is 13.9. The lowest BCUT2D eigenvalue weighted by Gasteiger charge is -2.10. The second-order valence-corrected chi connectivity index (χ2v) is 5.80. The highest BCUT2D eigenvalue weighted by Gasteiger charge is 2.16. The fourth-order valence-electron chi connectivity index (χ4n) is 2.36. The number of hydrogen-bond acceptors (Lipinski definition) is 6. The van der Waals surface area contributed by atoms with E-state index in [0.29, 0.717) is 11.4 Å². The average molecular weight is 392 g/mol. The molecule has 0 aliphatic rings. The van der Waals surface area contributed by atoms with E-state index in [1.54, 1.807) is 49.4 Å². The van der Waals surface area contributed by atoms with Gasteiger partial charge in [-0.2, -0.15) is 5.26 Å². The van der Waals surface area contributed by atoms with Gasteiger partial charge in [0.05, 0.1) is 17.9 Å². The van der Waals surface area contributed by atoms with E-state index in [0.717, 1.165) is 0 Å². The van der Waals surface area contributed by atoms with Crippen LogP contribution in [0.25, 0.3) is 0 Å². The summed E-state index contributed by atoms with van der Waals surface area (Å²) in [6, 6.07) is 15.0. The smallest absolute Gasteiger partial charge is 0.340 e. The molecule has 0 spiro atoms. The Morgan fingerprint density at radius 3 is 2.48 bits per heavy atom. The molecular formula is C21H20N4O4. The maximum Gasteiger partial charge on any atom is 0.340 e. The summed E-state index contributed by atoms with van der Waals surface area (Å²) in [5, 5.41) is 17.4. The van der Waals surface area contributed by atoms with E-state index in [-0.39, 0.29) is 29.3 Å². The largest absolute Gasteiger partial charge is 0.462 e. The van der Waals surface area contributed by atoms with Crippen LogP contribution >= 0.6 is 0 Å². The van der Waals surface area contributed by atoms with Crippen LogP contribution in [0.15, 0.2) is 60.3 Å². The molecule has 0 saturated carbocycles. The number of para-hydroxylation sites is 1. The lowest BCUT2D eigenvalue weighted by atomic mass is 10.1. The van der Waals surface area contributed by atoms with E-state index in [4.69, 9.17) is 4.74 Å². The maximum atomic E-state index is 12.5. The second-order valence-electron chi connectivity index (χ2n) is 5.80. The second kappa shape index (κ2) is 10.3. The fraction of sp³-hybridized carbons (Fsp3) is 0.143. The van der Waals surface area contributed by atoms with Gasteiger partial charge in [0.2, 0.25) is 5.91 Å². The standard InChI is InChI=1S/C21H20N4O4/c1-3-29-21(28)18-9-4-5-10-19(18)25-20(27)15(12-22)13-23-16-7-6-8-17(11-16)24-14(2)26/h4-11,13,23H,3H2,1-2H3,(H,24,26)(H,25,27)/b15-13-. The number of nitriles is 1. The van der Waals surface area contributed by atoms with Crippen molar-refractivity contribution in [3.05, 3.63) is 65.9 Å². The van der Waals surface area contributed by atoms with Crippen molar-refractivity contribution in [1.82, 2.24) is 0 Å². The Bertz CT molecular complexity index is 992. The van der Waals surface area contributed by atoms with Gasteiger partial charge in [-0.15, -0.1) is 0 Å². The van der Waals surface area contributed by atoms with Crippen molar-refractivity contribution in [3.8, 4) is 6.07 Å². The minimum atomic E-state index is -0.685. The van der Waals surface area contributed by atoms with Gasteiger partial charge < -0.3 is 20.7 Å². The zero-order chi connectivity index (χ0) is 21.2. The summed E-state index contributed by atoms with van der Waals surface area (Å²) in [6.07, 6.45) is 1.25. The first-order valence-corrected chi connectivity index (χ1v) is 8.76. The first-order valence-electron chi connectivity index (χ1n) is 8.76. The van der Waals surface area contributed by atoms with Crippen LogP contribution in [-0.4, -0.2) is 24.4 Å². The minimum Gasteiger partial charge on any atom is -0.462 e. The lowest BCUT2D eigenvalue weighted by molar-refractivity contribution is -0.114. The normalized spacial score (nSPS) is 10.4. The number of anilines is 3. The van der Waals surface area contributed by atoms with Crippen LogP contribution in [0.1, 0.15) is 24.2 Å². The number of nitrogens with zero attached hydrogens (tertiary/aromatic N) is 1. The molecule has 0 aromatic heterocycles. The SMILES string of the molecule is CCOC(=O)c1ccccc1NC(=O)/C(C#N)=C\Nc1cccc(NC(C)=O)c1. The van der Waals surface area contributed by atoms with Crippen LogP contribution in [0.5, 0.6) is 0 Å². The predicted molar refractivity (Wildman–Crippen MR) is 109 cm³/mol. The van der Waals surface area contributed by atoms with E-state index in [1.165, 1.54) is 19.2 Å². The molecule has 2 aromatic carbocycles. The molecule has 0 unspecified atom stereocenters. The number of nitrogens with one attached hydrogen (secondary N) is 3. The van der Waals surface area contributed by atoms with E-state index < -0.39 is 11.9 Å². The number of esters is 1. The Morgan fingerprint density at radius 1 is 1.07 bits per heavy atom. The van der Waals surface area contributed by atoms with Gasteiger partial charge in [0.25, 0.3) is 5.91 Å². The van der Waals surface area contributed by atoms with E-state index in [1.807, 2.05) is 6.07 Å². The van der Waals surface area contributed by atoms with Crippen molar-refractivity contribution in [3.63, 3.8) is 0 Å². The summed E-state index contributed by atoms with van der Waals surface area (Å²) in [5.41, 5.74) is 1.38. The molecule has 0 aliphatic carbocycles. The summed E-state index contributed by atoms with van der Waals surface area (Å²) in [6.45, 7) is 3.28. The van der Waals surface area contributed by atoms with Crippen molar-refractivity contribution in [2.75, 3.05) is 22.6 Å². The molecule has 0 saturated heterocycles. The van der Waals surface area contributed by atoms with Crippen LogP contribution < -0.4 is 16.0 Å². The quantitative estimate of drug-likeness (QED) is 0.378. The number of hydrogen-bond donors (Lipinski definition) is 3. The molecule has 0 bridgehead atoms. The van der Waals surface area contributed by atoms with Crippen LogP contribution in [-0.2, 0) is 14.3 Å². The Hall–Kier alpha value is -4.12. The van der Waals surface area contributed by atoms with Gasteiger partial charge >= 0.3 is 5.97 Å². The van der Waals surface area contributed by atoms with Crippen LogP contribution in [0, 0.1) is 11.3 Å². The molecule has 29 heavy (non-hydrogen) atoms. The summed E-state index contributed by atoms with van der Waals surface area (Å²) < 4.78 is 4.97. The fourth-order valence-corrected chi connectivity index (χ4v) is 2.36. The highest BCUT2D eigenvalue weighted by atomic mass is 16.5. The van der Waals surface area contributed by atoms with E-state index >= 15 is 0 Å². The van der Waals surface area contributed by atoms with E-state index in [9.17, 15) is 19.6 Å². The number of amides is 2. The topological polar surface area (TPSA) is 120 Å². The number of benzene rings is 2. The monoisotopic (exact) mass is 392 g/mol. The van der Waals surface area contributed by atoms with Crippen LogP contribution in [0.3, 0.4) is 0 Å². The first kappa shape index (κ1) is 21.2. The Morgan fingerprint density at radius 2 is 1.79 bits per heavy atom. The molecule has 0 heterocycles. The third-order valence-electron chi connectivity index (χ3n) is 3.60. The van der Waals surface area contributed by atoms with Gasteiger partial charge in [-0.3, -0.25) is 9.59 Å². The molecule has 2 aromatic rings. The van der Waals surface area contributed by atoms with Gasteiger partial charge in [0.15, 0.2) is 0 Å². The average Bonchev–Trinajstić information content (AvgIpc) is 2.69. The van der Waals surface area contributed by atoms with Crippen LogP contribution in [0.2, 0.25) is 0 Å². The molecule has 8 nitrogen and oxygen atoms in total. The predicted octanol–water partition coefficient (Wildman–Crippen LogP) is 3.28. The Labute approximate surface area is 168 Å². The van der Waals surface area contributed by atoms with Crippen molar-refractivity contribution >= 4 is 34.8 Å². The molecule has 0 fully saturated rings. The number of carbonyl (C=O) groups is 3. The highest BCUT2D eigenvalue weighted by Crippen LogP contribution is 2.18. The molecule has 3 N–H and O–H groups in total. The summed E-state index contributed by atoms with van der Waals surface area (Å²) >= 11 is 0. The van der Waals surface area contributed by atoms with E-state index in [2.05, 4.69) is 16.0 Å². The molecule has 2 amide bonds.